The summed E-state index contributed by atoms with van der Waals surface area (Å²) in [5, 5.41) is 7.59. The van der Waals surface area contributed by atoms with E-state index in [1.807, 2.05) is 30.3 Å². The fourth-order valence-electron chi connectivity index (χ4n) is 1.88. The van der Waals surface area contributed by atoms with Gasteiger partial charge in [0, 0.05) is 18.1 Å². The number of thioether (sulfide) groups is 1. The van der Waals surface area contributed by atoms with Crippen LogP contribution in [0, 0.1) is 0 Å². The minimum atomic E-state index is -5.08. The molecule has 1 heterocycles. The zero-order valence-corrected chi connectivity index (χ0v) is 15.4. The molecule has 1 aromatic carbocycles. The van der Waals surface area contributed by atoms with Crippen LogP contribution in [0.2, 0.25) is 5.02 Å². The molecule has 6 nitrogen and oxygen atoms in total. The molecule has 0 aromatic heterocycles. The number of nitrogens with zero attached hydrogens (tertiary/aromatic N) is 1. The maximum absolute atomic E-state index is 11.9. The second-order valence-electron chi connectivity index (χ2n) is 5.15. The maximum atomic E-state index is 11.9. The molecule has 0 aliphatic carbocycles. The molecule has 148 valence electrons. The van der Waals surface area contributed by atoms with Gasteiger partial charge in [0.05, 0.1) is 4.91 Å². The number of carboxylic acids is 1. The summed E-state index contributed by atoms with van der Waals surface area (Å²) in [6.45, 7) is 0.565. The molecule has 11 heteroatoms. The maximum Gasteiger partial charge on any atom is 0.490 e. The van der Waals surface area contributed by atoms with Gasteiger partial charge in [-0.25, -0.2) is 4.79 Å². The zero-order valence-electron chi connectivity index (χ0n) is 13.8. The number of amides is 2. The van der Waals surface area contributed by atoms with Crippen LogP contribution in [0.5, 0.6) is 0 Å². The van der Waals surface area contributed by atoms with Crippen LogP contribution in [0.3, 0.4) is 0 Å². The largest absolute Gasteiger partial charge is 0.490 e. The van der Waals surface area contributed by atoms with Crippen molar-refractivity contribution < 1.29 is 32.7 Å². The SMILES string of the molecule is NCCN1C(=O)S/C(=C\CCc2ccc(Cl)cc2)C1=O.O=C(O)C(F)(F)F. The van der Waals surface area contributed by atoms with Crippen molar-refractivity contribution in [2.75, 3.05) is 13.1 Å². The number of carbonyl (C=O) groups excluding carboxylic acids is 2. The second kappa shape index (κ2) is 10.3. The third-order valence-electron chi connectivity index (χ3n) is 3.14. The van der Waals surface area contributed by atoms with Crippen molar-refractivity contribution in [3.05, 3.63) is 45.8 Å². The summed E-state index contributed by atoms with van der Waals surface area (Å²) in [5.74, 6) is -2.99. The molecular formula is C16H16ClF3N2O4S. The highest BCUT2D eigenvalue weighted by atomic mass is 35.5. The smallest absolute Gasteiger partial charge is 0.475 e. The van der Waals surface area contributed by atoms with E-state index in [0.29, 0.717) is 16.3 Å². The van der Waals surface area contributed by atoms with Crippen LogP contribution < -0.4 is 5.73 Å². The molecule has 1 fully saturated rings. The number of halogens is 4. The van der Waals surface area contributed by atoms with Gasteiger partial charge in [-0.2, -0.15) is 13.2 Å². The first-order valence-electron chi connectivity index (χ1n) is 7.54. The Kier molecular flexibility index (Phi) is 8.80. The van der Waals surface area contributed by atoms with E-state index in [4.69, 9.17) is 27.2 Å². The molecule has 1 aromatic rings. The number of allylic oxidation sites excluding steroid dienone is 1. The van der Waals surface area contributed by atoms with Gasteiger partial charge in [-0.1, -0.05) is 29.8 Å². The van der Waals surface area contributed by atoms with Crippen LogP contribution in [0.4, 0.5) is 18.0 Å². The summed E-state index contributed by atoms with van der Waals surface area (Å²) in [4.78, 5) is 34.1. The zero-order chi connectivity index (χ0) is 20.6. The fraction of sp³-hybridized carbons (Fsp3) is 0.312. The Morgan fingerprint density at radius 3 is 2.30 bits per heavy atom. The van der Waals surface area contributed by atoms with Gasteiger partial charge in [-0.15, -0.1) is 0 Å². The van der Waals surface area contributed by atoms with Gasteiger partial charge in [-0.3, -0.25) is 14.5 Å². The van der Waals surface area contributed by atoms with Crippen LogP contribution in [0.25, 0.3) is 0 Å². The summed E-state index contributed by atoms with van der Waals surface area (Å²) in [5.41, 5.74) is 6.53. The lowest BCUT2D eigenvalue weighted by Crippen LogP contribution is -2.33. The van der Waals surface area contributed by atoms with Crippen LogP contribution in [-0.4, -0.2) is 46.4 Å². The Morgan fingerprint density at radius 2 is 1.81 bits per heavy atom. The number of aliphatic carboxylic acids is 1. The Balaban J connectivity index is 0.000000445. The first-order chi connectivity index (χ1) is 12.6. The van der Waals surface area contributed by atoms with Crippen molar-refractivity contribution >= 4 is 40.5 Å². The molecule has 1 aliphatic rings. The van der Waals surface area contributed by atoms with Gasteiger partial charge in [0.25, 0.3) is 11.1 Å². The lowest BCUT2D eigenvalue weighted by Gasteiger charge is -2.09. The summed E-state index contributed by atoms with van der Waals surface area (Å²) in [6, 6.07) is 7.59. The third kappa shape index (κ3) is 7.61. The summed E-state index contributed by atoms with van der Waals surface area (Å²) >= 11 is 6.80. The van der Waals surface area contributed by atoms with E-state index in [2.05, 4.69) is 0 Å². The fourth-order valence-corrected chi connectivity index (χ4v) is 2.88. The van der Waals surface area contributed by atoms with Gasteiger partial charge >= 0.3 is 12.1 Å². The standard InChI is InChI=1S/C14H15ClN2O2S.C2HF3O2/c15-11-6-4-10(5-7-11)2-1-3-12-13(18)17(9-8-16)14(19)20-12;3-2(4,5)1(6)7/h3-7H,1-2,8-9,16H2;(H,6,7)/b12-3-;. The summed E-state index contributed by atoms with van der Waals surface area (Å²) < 4.78 is 31.7. The Bertz CT molecular complexity index is 723. The minimum Gasteiger partial charge on any atom is -0.475 e. The first kappa shape index (κ1) is 23.0. The highest BCUT2D eigenvalue weighted by molar-refractivity contribution is 8.18. The van der Waals surface area contributed by atoms with E-state index in [-0.39, 0.29) is 24.2 Å². The van der Waals surface area contributed by atoms with Crippen molar-refractivity contribution in [1.29, 1.82) is 0 Å². The topological polar surface area (TPSA) is 101 Å². The van der Waals surface area contributed by atoms with E-state index < -0.39 is 12.1 Å². The highest BCUT2D eigenvalue weighted by Gasteiger charge is 2.38. The predicted molar refractivity (Wildman–Crippen MR) is 95.3 cm³/mol. The van der Waals surface area contributed by atoms with Crippen molar-refractivity contribution in [2.45, 2.75) is 19.0 Å². The lowest BCUT2D eigenvalue weighted by atomic mass is 10.1. The van der Waals surface area contributed by atoms with Gasteiger partial charge in [0.2, 0.25) is 0 Å². The van der Waals surface area contributed by atoms with Gasteiger partial charge in [-0.05, 0) is 42.3 Å². The quantitative estimate of drug-likeness (QED) is 0.702. The summed E-state index contributed by atoms with van der Waals surface area (Å²) in [7, 11) is 0. The first-order valence-corrected chi connectivity index (χ1v) is 8.74. The predicted octanol–water partition coefficient (Wildman–Crippen LogP) is 3.44. The number of carbonyl (C=O) groups is 3. The molecule has 0 unspecified atom stereocenters. The third-order valence-corrected chi connectivity index (χ3v) is 4.35. The van der Waals surface area contributed by atoms with E-state index >= 15 is 0 Å². The Labute approximate surface area is 162 Å². The van der Waals surface area contributed by atoms with Crippen LogP contribution in [-0.2, 0) is 16.0 Å². The Morgan fingerprint density at radius 1 is 1.26 bits per heavy atom. The number of aryl methyl sites for hydroxylation is 1. The van der Waals surface area contributed by atoms with E-state index in [1.165, 1.54) is 4.90 Å². The molecule has 1 aliphatic heterocycles. The lowest BCUT2D eigenvalue weighted by molar-refractivity contribution is -0.192. The molecule has 27 heavy (non-hydrogen) atoms. The second-order valence-corrected chi connectivity index (χ2v) is 6.58. The van der Waals surface area contributed by atoms with Gasteiger partial charge < -0.3 is 10.8 Å². The molecule has 0 radical (unpaired) electrons. The highest BCUT2D eigenvalue weighted by Crippen LogP contribution is 2.30. The normalized spacial score (nSPS) is 15.7. The van der Waals surface area contributed by atoms with Crippen molar-refractivity contribution in [2.24, 2.45) is 5.73 Å². The summed E-state index contributed by atoms with van der Waals surface area (Å²) in [6.07, 6.45) is -1.75. The van der Waals surface area contributed by atoms with E-state index in [1.54, 1.807) is 0 Å². The molecule has 0 spiro atoms. The Hall–Kier alpha value is -2.04. The van der Waals surface area contributed by atoms with Crippen molar-refractivity contribution in [3.63, 3.8) is 0 Å². The number of rotatable bonds is 5. The molecule has 2 amide bonds. The van der Waals surface area contributed by atoms with E-state index in [0.717, 1.165) is 23.7 Å². The number of hydrogen-bond donors (Lipinski definition) is 2. The monoisotopic (exact) mass is 424 g/mol. The number of hydrogen-bond acceptors (Lipinski definition) is 5. The van der Waals surface area contributed by atoms with Crippen LogP contribution in [0.1, 0.15) is 12.0 Å². The number of carboxylic acid groups (broad SMARTS) is 1. The molecular weight excluding hydrogens is 409 g/mol. The molecule has 2 rings (SSSR count). The van der Waals surface area contributed by atoms with Gasteiger partial charge in [0.1, 0.15) is 0 Å². The number of alkyl halides is 3. The number of benzene rings is 1. The molecule has 3 N–H and O–H groups in total. The van der Waals surface area contributed by atoms with Crippen molar-refractivity contribution in [3.8, 4) is 0 Å². The number of nitrogens with two attached hydrogens (primary N) is 1. The number of imide groups is 1. The molecule has 0 atom stereocenters. The van der Waals surface area contributed by atoms with E-state index in [9.17, 15) is 22.8 Å². The molecule has 0 bridgehead atoms. The minimum absolute atomic E-state index is 0.235. The average Bonchev–Trinajstić information content (AvgIpc) is 2.84. The molecule has 1 saturated heterocycles. The van der Waals surface area contributed by atoms with Gasteiger partial charge in [0.15, 0.2) is 0 Å². The van der Waals surface area contributed by atoms with Crippen molar-refractivity contribution in [1.82, 2.24) is 4.90 Å². The van der Waals surface area contributed by atoms with Crippen LogP contribution in [0.15, 0.2) is 35.2 Å². The molecule has 0 saturated carbocycles. The average molecular weight is 425 g/mol. The van der Waals surface area contributed by atoms with Crippen LogP contribution >= 0.6 is 23.4 Å².